The Morgan fingerprint density at radius 2 is 1.50 bits per heavy atom. The standard InChI is InChI=1S/C15H25N3/c1-4-17-9-11-18(12-10-17)13-14-5-7-15(8-6-14)16(2)3/h5-8H,4,9-13H2,1-3H3/p+2. The number of anilines is 1. The van der Waals surface area contributed by atoms with E-state index >= 15 is 0 Å². The molecule has 0 amide bonds. The van der Waals surface area contributed by atoms with E-state index in [9.17, 15) is 0 Å². The average Bonchev–Trinajstić information content (AvgIpc) is 2.40. The quantitative estimate of drug-likeness (QED) is 0.702. The summed E-state index contributed by atoms with van der Waals surface area (Å²) in [7, 11) is 4.18. The van der Waals surface area contributed by atoms with E-state index in [2.05, 4.69) is 50.2 Å². The lowest BCUT2D eigenvalue weighted by Gasteiger charge is -2.29. The van der Waals surface area contributed by atoms with Gasteiger partial charge in [0.15, 0.2) is 0 Å². The zero-order valence-corrected chi connectivity index (χ0v) is 12.0. The highest BCUT2D eigenvalue weighted by atomic mass is 15.3. The Hall–Kier alpha value is -1.06. The molecule has 100 valence electrons. The summed E-state index contributed by atoms with van der Waals surface area (Å²) >= 11 is 0. The zero-order valence-electron chi connectivity index (χ0n) is 12.0. The third-order valence-corrected chi connectivity index (χ3v) is 4.07. The molecule has 1 aliphatic rings. The minimum absolute atomic E-state index is 1.19. The number of hydrogen-bond acceptors (Lipinski definition) is 1. The van der Waals surface area contributed by atoms with Crippen molar-refractivity contribution in [3.05, 3.63) is 29.8 Å². The first-order valence-corrected chi connectivity index (χ1v) is 7.12. The molecule has 1 aromatic rings. The van der Waals surface area contributed by atoms with E-state index in [4.69, 9.17) is 0 Å². The Balaban J connectivity index is 1.86. The molecular formula is C15H27N3+2. The van der Waals surface area contributed by atoms with Crippen molar-refractivity contribution in [3.63, 3.8) is 0 Å². The maximum atomic E-state index is 2.29. The van der Waals surface area contributed by atoms with Crippen molar-refractivity contribution >= 4 is 5.69 Å². The van der Waals surface area contributed by atoms with Crippen LogP contribution >= 0.6 is 0 Å². The number of nitrogens with zero attached hydrogens (tertiary/aromatic N) is 1. The van der Waals surface area contributed by atoms with Crippen LogP contribution in [0, 0.1) is 0 Å². The van der Waals surface area contributed by atoms with Gasteiger partial charge in [0.05, 0.1) is 6.54 Å². The smallest absolute Gasteiger partial charge is 0.127 e. The molecule has 1 saturated heterocycles. The predicted octanol–water partition coefficient (Wildman–Crippen LogP) is -0.944. The Morgan fingerprint density at radius 3 is 2.00 bits per heavy atom. The van der Waals surface area contributed by atoms with E-state index in [0.29, 0.717) is 0 Å². The van der Waals surface area contributed by atoms with Crippen LogP contribution in [0.15, 0.2) is 24.3 Å². The van der Waals surface area contributed by atoms with E-state index in [1.165, 1.54) is 50.5 Å². The molecule has 2 N–H and O–H groups in total. The van der Waals surface area contributed by atoms with Crippen molar-refractivity contribution in [3.8, 4) is 0 Å². The number of nitrogens with one attached hydrogen (secondary N) is 2. The fraction of sp³-hybridized carbons (Fsp3) is 0.600. The molecule has 3 nitrogen and oxygen atoms in total. The minimum atomic E-state index is 1.19. The zero-order chi connectivity index (χ0) is 13.0. The van der Waals surface area contributed by atoms with Crippen molar-refractivity contribution in [1.29, 1.82) is 0 Å². The van der Waals surface area contributed by atoms with Crippen molar-refractivity contribution < 1.29 is 9.80 Å². The molecule has 0 atom stereocenters. The summed E-state index contributed by atoms with van der Waals surface area (Å²) in [6, 6.07) is 9.01. The van der Waals surface area contributed by atoms with Crippen molar-refractivity contribution in [2.75, 3.05) is 51.7 Å². The second-order valence-corrected chi connectivity index (χ2v) is 5.59. The lowest BCUT2D eigenvalue weighted by atomic mass is 10.1. The summed E-state index contributed by atoms with van der Waals surface area (Å²) in [5.41, 5.74) is 2.75. The summed E-state index contributed by atoms with van der Waals surface area (Å²) in [6.07, 6.45) is 0. The number of hydrogen-bond donors (Lipinski definition) is 2. The van der Waals surface area contributed by atoms with E-state index in [1.807, 2.05) is 0 Å². The fourth-order valence-corrected chi connectivity index (χ4v) is 2.69. The van der Waals surface area contributed by atoms with Crippen molar-refractivity contribution in [2.24, 2.45) is 0 Å². The van der Waals surface area contributed by atoms with Crippen molar-refractivity contribution in [1.82, 2.24) is 0 Å². The number of quaternary nitrogens is 2. The van der Waals surface area contributed by atoms with Gasteiger partial charge in [-0.3, -0.25) is 0 Å². The average molecular weight is 249 g/mol. The van der Waals surface area contributed by atoms with Crippen LogP contribution in [0.2, 0.25) is 0 Å². The van der Waals surface area contributed by atoms with Crippen LogP contribution in [-0.4, -0.2) is 46.8 Å². The van der Waals surface area contributed by atoms with Crippen LogP contribution in [0.5, 0.6) is 0 Å². The second kappa shape index (κ2) is 6.21. The maximum Gasteiger partial charge on any atom is 0.127 e. The van der Waals surface area contributed by atoms with Gasteiger partial charge in [-0.05, 0) is 19.1 Å². The van der Waals surface area contributed by atoms with Gasteiger partial charge in [-0.1, -0.05) is 12.1 Å². The first-order chi connectivity index (χ1) is 8.69. The van der Waals surface area contributed by atoms with Gasteiger partial charge in [0, 0.05) is 25.3 Å². The van der Waals surface area contributed by atoms with Gasteiger partial charge < -0.3 is 14.7 Å². The van der Waals surface area contributed by atoms with Crippen LogP contribution in [0.4, 0.5) is 5.69 Å². The van der Waals surface area contributed by atoms with Crippen molar-refractivity contribution in [2.45, 2.75) is 13.5 Å². The molecule has 0 aliphatic carbocycles. The van der Waals surface area contributed by atoms with E-state index < -0.39 is 0 Å². The Kier molecular flexibility index (Phi) is 4.61. The van der Waals surface area contributed by atoms with Crippen LogP contribution in [-0.2, 0) is 6.54 Å². The van der Waals surface area contributed by atoms with E-state index in [0.717, 1.165) is 0 Å². The summed E-state index contributed by atoms with van der Waals surface area (Å²) in [4.78, 5) is 5.66. The molecule has 18 heavy (non-hydrogen) atoms. The van der Waals surface area contributed by atoms with Gasteiger partial charge >= 0.3 is 0 Å². The summed E-state index contributed by atoms with van der Waals surface area (Å²) in [5, 5.41) is 0. The normalized spacial score (nSPS) is 23.9. The number of likely N-dealkylation sites (N-methyl/N-ethyl adjacent to an activating group) is 1. The Labute approximate surface area is 111 Å². The van der Waals surface area contributed by atoms with Gasteiger partial charge in [-0.15, -0.1) is 0 Å². The first-order valence-electron chi connectivity index (χ1n) is 7.12. The Bertz CT molecular complexity index is 351. The van der Waals surface area contributed by atoms with E-state index in [1.54, 1.807) is 9.80 Å². The molecule has 3 heteroatoms. The molecule has 0 saturated carbocycles. The molecule has 1 aromatic carbocycles. The molecule has 0 aromatic heterocycles. The highest BCUT2D eigenvalue weighted by Crippen LogP contribution is 2.11. The SMILES string of the molecule is CC[NH+]1CC[NH+](Cc2ccc(N(C)C)cc2)CC1. The summed E-state index contributed by atoms with van der Waals surface area (Å²) in [6.45, 7) is 10.1. The van der Waals surface area contributed by atoms with E-state index in [-0.39, 0.29) is 0 Å². The lowest BCUT2D eigenvalue weighted by Crippen LogP contribution is -3.27. The summed E-state index contributed by atoms with van der Waals surface area (Å²) < 4.78 is 0. The number of rotatable bonds is 4. The van der Waals surface area contributed by atoms with Gasteiger partial charge in [0.2, 0.25) is 0 Å². The highest BCUT2D eigenvalue weighted by molar-refractivity contribution is 5.45. The van der Waals surface area contributed by atoms with Crippen LogP contribution in [0.1, 0.15) is 12.5 Å². The highest BCUT2D eigenvalue weighted by Gasteiger charge is 2.21. The molecular weight excluding hydrogens is 222 g/mol. The molecule has 0 radical (unpaired) electrons. The van der Waals surface area contributed by atoms with Crippen LogP contribution in [0.3, 0.4) is 0 Å². The molecule has 0 unspecified atom stereocenters. The third-order valence-electron chi connectivity index (χ3n) is 4.07. The monoisotopic (exact) mass is 249 g/mol. The van der Waals surface area contributed by atoms with Crippen LogP contribution < -0.4 is 14.7 Å². The van der Waals surface area contributed by atoms with Gasteiger partial charge in [-0.25, -0.2) is 0 Å². The number of piperazine rings is 1. The molecule has 2 rings (SSSR count). The topological polar surface area (TPSA) is 12.1 Å². The lowest BCUT2D eigenvalue weighted by molar-refractivity contribution is -1.02. The van der Waals surface area contributed by atoms with Crippen LogP contribution in [0.25, 0.3) is 0 Å². The Morgan fingerprint density at radius 1 is 0.944 bits per heavy atom. The molecule has 1 fully saturated rings. The predicted molar refractivity (Wildman–Crippen MR) is 76.4 cm³/mol. The van der Waals surface area contributed by atoms with Gasteiger partial charge in [-0.2, -0.15) is 0 Å². The second-order valence-electron chi connectivity index (χ2n) is 5.59. The molecule has 0 spiro atoms. The number of benzene rings is 1. The molecule has 1 heterocycles. The molecule has 1 aliphatic heterocycles. The fourth-order valence-electron chi connectivity index (χ4n) is 2.69. The maximum absolute atomic E-state index is 2.29. The van der Waals surface area contributed by atoms with Gasteiger partial charge in [0.1, 0.15) is 32.7 Å². The van der Waals surface area contributed by atoms with Gasteiger partial charge in [0.25, 0.3) is 0 Å². The molecule has 0 bridgehead atoms. The first kappa shape index (κ1) is 13.4. The largest absolute Gasteiger partial charge is 0.378 e. The minimum Gasteiger partial charge on any atom is -0.378 e. The summed E-state index contributed by atoms with van der Waals surface area (Å²) in [5.74, 6) is 0. The third kappa shape index (κ3) is 3.47.